The van der Waals surface area contributed by atoms with Crippen molar-refractivity contribution in [3.63, 3.8) is 0 Å². The van der Waals surface area contributed by atoms with Crippen LogP contribution < -0.4 is 9.64 Å². The molecule has 152 valence electrons. The number of rotatable bonds is 5. The number of anilines is 1. The maximum atomic E-state index is 13.7. The number of nitrogens with zero attached hydrogens (tertiary/aromatic N) is 2. The Bertz CT molecular complexity index is 936. The summed E-state index contributed by atoms with van der Waals surface area (Å²) in [6, 6.07) is 14.1. The molecule has 1 unspecified atom stereocenters. The lowest BCUT2D eigenvalue weighted by Gasteiger charge is -2.56. The number of amides is 2. The first-order valence-corrected chi connectivity index (χ1v) is 10.9. The molecule has 0 aromatic heterocycles. The van der Waals surface area contributed by atoms with E-state index in [0.29, 0.717) is 18.4 Å². The average Bonchev–Trinajstić information content (AvgIpc) is 3.53. The van der Waals surface area contributed by atoms with Crippen molar-refractivity contribution in [2.75, 3.05) is 19.1 Å². The molecule has 0 spiro atoms. The van der Waals surface area contributed by atoms with Gasteiger partial charge in [0.15, 0.2) is 0 Å². The van der Waals surface area contributed by atoms with E-state index in [1.807, 2.05) is 48.3 Å². The van der Waals surface area contributed by atoms with Gasteiger partial charge in [0.1, 0.15) is 5.75 Å². The number of halogens is 1. The number of urea groups is 1. The molecule has 2 aromatic carbocycles. The highest BCUT2D eigenvalue weighted by atomic mass is 35.5. The minimum Gasteiger partial charge on any atom is -0.497 e. The largest absolute Gasteiger partial charge is 0.497 e. The number of ether oxygens (including phenoxy) is 1. The molecule has 2 amide bonds. The molecular formula is C24H27ClN2O2. The van der Waals surface area contributed by atoms with Crippen molar-refractivity contribution in [2.45, 2.75) is 44.2 Å². The van der Waals surface area contributed by atoms with Gasteiger partial charge in [0.25, 0.3) is 0 Å². The Morgan fingerprint density at radius 1 is 1.07 bits per heavy atom. The summed E-state index contributed by atoms with van der Waals surface area (Å²) in [4.78, 5) is 17.6. The van der Waals surface area contributed by atoms with Crippen LogP contribution in [0.1, 0.15) is 43.2 Å². The molecule has 0 N–H and O–H groups in total. The maximum Gasteiger partial charge on any atom is 0.325 e. The van der Waals surface area contributed by atoms with Crippen molar-refractivity contribution in [2.24, 2.45) is 11.8 Å². The Kier molecular flexibility index (Phi) is 4.50. The Hall–Kier alpha value is -2.20. The summed E-state index contributed by atoms with van der Waals surface area (Å²) in [6.45, 7) is 0.535. The highest BCUT2D eigenvalue weighted by Crippen LogP contribution is 2.61. The van der Waals surface area contributed by atoms with Crippen LogP contribution in [-0.4, -0.2) is 25.1 Å². The van der Waals surface area contributed by atoms with E-state index in [0.717, 1.165) is 22.0 Å². The second kappa shape index (κ2) is 6.94. The summed E-state index contributed by atoms with van der Waals surface area (Å²) in [7, 11) is 3.67. The lowest BCUT2D eigenvalue weighted by Crippen LogP contribution is -2.62. The Morgan fingerprint density at radius 2 is 1.76 bits per heavy atom. The number of carbonyl (C=O) groups is 1. The predicted molar refractivity (Wildman–Crippen MR) is 116 cm³/mol. The Labute approximate surface area is 177 Å². The average molecular weight is 411 g/mol. The first-order chi connectivity index (χ1) is 14.1. The second-order valence-corrected chi connectivity index (χ2v) is 9.10. The van der Waals surface area contributed by atoms with E-state index in [2.05, 4.69) is 11.0 Å². The number of hydrogen-bond acceptors (Lipinski definition) is 2. The van der Waals surface area contributed by atoms with Crippen LogP contribution >= 0.6 is 11.6 Å². The van der Waals surface area contributed by atoms with Crippen molar-refractivity contribution < 1.29 is 9.53 Å². The molecule has 1 heterocycles. The number of fused-ring (bicyclic) bond motifs is 1. The first-order valence-electron chi connectivity index (χ1n) is 10.5. The molecule has 2 saturated carbocycles. The van der Waals surface area contributed by atoms with Crippen molar-refractivity contribution >= 4 is 23.3 Å². The summed E-state index contributed by atoms with van der Waals surface area (Å²) >= 11 is 6.48. The zero-order valence-electron chi connectivity index (χ0n) is 17.0. The van der Waals surface area contributed by atoms with E-state index in [-0.39, 0.29) is 11.6 Å². The van der Waals surface area contributed by atoms with E-state index in [1.165, 1.54) is 37.7 Å². The van der Waals surface area contributed by atoms with Gasteiger partial charge >= 0.3 is 6.03 Å². The van der Waals surface area contributed by atoms with Gasteiger partial charge in [0.2, 0.25) is 0 Å². The first kappa shape index (κ1) is 18.8. The third kappa shape index (κ3) is 2.83. The summed E-state index contributed by atoms with van der Waals surface area (Å²) < 4.78 is 5.27. The minimum atomic E-state index is -0.202. The molecule has 2 fully saturated rings. The van der Waals surface area contributed by atoms with Crippen molar-refractivity contribution in [1.82, 2.24) is 4.90 Å². The van der Waals surface area contributed by atoms with Gasteiger partial charge in [-0.3, -0.25) is 4.90 Å². The normalized spacial score (nSPS) is 24.3. The zero-order chi connectivity index (χ0) is 20.2. The number of methoxy groups -OCH3 is 1. The predicted octanol–water partition coefficient (Wildman–Crippen LogP) is 5.83. The van der Waals surface area contributed by atoms with E-state index in [9.17, 15) is 4.79 Å². The van der Waals surface area contributed by atoms with Crippen LogP contribution in [0.5, 0.6) is 5.75 Å². The summed E-state index contributed by atoms with van der Waals surface area (Å²) in [5, 5.41) is 0.750. The quantitative estimate of drug-likeness (QED) is 0.621. The van der Waals surface area contributed by atoms with Crippen LogP contribution in [0, 0.1) is 11.8 Å². The molecule has 2 aliphatic carbocycles. The van der Waals surface area contributed by atoms with Crippen LogP contribution in [0.3, 0.4) is 0 Å². The molecule has 29 heavy (non-hydrogen) atoms. The zero-order valence-corrected chi connectivity index (χ0v) is 17.8. The van der Waals surface area contributed by atoms with Crippen molar-refractivity contribution in [3.05, 3.63) is 58.6 Å². The fourth-order valence-electron chi connectivity index (χ4n) is 5.45. The Balaban J connectivity index is 1.60. The van der Waals surface area contributed by atoms with Crippen LogP contribution in [0.15, 0.2) is 42.5 Å². The lowest BCUT2D eigenvalue weighted by atomic mass is 9.63. The van der Waals surface area contributed by atoms with E-state index in [1.54, 1.807) is 7.11 Å². The summed E-state index contributed by atoms with van der Waals surface area (Å²) in [5.41, 5.74) is 3.14. The lowest BCUT2D eigenvalue weighted by molar-refractivity contribution is 0.0135. The third-order valence-corrected chi connectivity index (χ3v) is 7.42. The molecule has 0 radical (unpaired) electrons. The van der Waals surface area contributed by atoms with Gasteiger partial charge in [0.05, 0.1) is 24.9 Å². The van der Waals surface area contributed by atoms with E-state index >= 15 is 0 Å². The monoisotopic (exact) mass is 410 g/mol. The van der Waals surface area contributed by atoms with Crippen LogP contribution in [-0.2, 0) is 12.1 Å². The highest BCUT2D eigenvalue weighted by molar-refractivity contribution is 6.30. The van der Waals surface area contributed by atoms with Crippen LogP contribution in [0.2, 0.25) is 5.02 Å². The van der Waals surface area contributed by atoms with Gasteiger partial charge in [-0.15, -0.1) is 0 Å². The summed E-state index contributed by atoms with van der Waals surface area (Å²) in [6.07, 6.45) is 6.03. The molecule has 2 aromatic rings. The van der Waals surface area contributed by atoms with Crippen LogP contribution in [0.4, 0.5) is 10.5 Å². The topological polar surface area (TPSA) is 32.8 Å². The molecule has 0 saturated heterocycles. The van der Waals surface area contributed by atoms with Crippen molar-refractivity contribution in [1.29, 1.82) is 0 Å². The van der Waals surface area contributed by atoms with E-state index in [4.69, 9.17) is 16.3 Å². The maximum absolute atomic E-state index is 13.7. The van der Waals surface area contributed by atoms with E-state index < -0.39 is 0 Å². The SMILES string of the molecule is COc1ccc(CN2C(=O)N(C)C(C3CCC3)(C3CC3)c3cc(Cl)ccc32)cc1. The van der Waals surface area contributed by atoms with Gasteiger partial charge in [0, 0.05) is 17.6 Å². The fraction of sp³-hybridized carbons (Fsp3) is 0.458. The van der Waals surface area contributed by atoms with Gasteiger partial charge in [-0.2, -0.15) is 0 Å². The molecule has 1 atom stereocenters. The Morgan fingerprint density at radius 3 is 2.34 bits per heavy atom. The molecular weight excluding hydrogens is 384 g/mol. The molecule has 5 rings (SSSR count). The number of carbonyl (C=O) groups excluding carboxylic acids is 1. The van der Waals surface area contributed by atoms with Gasteiger partial charge in [-0.1, -0.05) is 30.2 Å². The van der Waals surface area contributed by atoms with Gasteiger partial charge in [-0.05, 0) is 73.4 Å². The standard InChI is InChI=1S/C24H27ClN2O2/c1-26-23(28)27(15-16-6-11-20(29-2)12-7-16)22-13-10-19(25)14-21(22)24(26,18-8-9-18)17-4-3-5-17/h6-7,10-14,17-18H,3-5,8-9,15H2,1-2H3. The van der Waals surface area contributed by atoms with Gasteiger partial charge in [-0.25, -0.2) is 4.79 Å². The van der Waals surface area contributed by atoms with Crippen molar-refractivity contribution in [3.8, 4) is 5.75 Å². The third-order valence-electron chi connectivity index (χ3n) is 7.18. The smallest absolute Gasteiger partial charge is 0.325 e. The number of hydrogen-bond donors (Lipinski definition) is 0. The highest BCUT2D eigenvalue weighted by Gasteiger charge is 2.60. The number of benzene rings is 2. The molecule has 5 heteroatoms. The van der Waals surface area contributed by atoms with Gasteiger partial charge < -0.3 is 9.64 Å². The fourth-order valence-corrected chi connectivity index (χ4v) is 5.62. The molecule has 4 nitrogen and oxygen atoms in total. The van der Waals surface area contributed by atoms with Crippen LogP contribution in [0.25, 0.3) is 0 Å². The molecule has 3 aliphatic rings. The second-order valence-electron chi connectivity index (χ2n) is 8.66. The molecule has 1 aliphatic heterocycles. The molecule has 0 bridgehead atoms. The summed E-state index contributed by atoms with van der Waals surface area (Å²) in [5.74, 6) is 1.90. The minimum absolute atomic E-state index is 0.0921.